The van der Waals surface area contributed by atoms with Crippen molar-refractivity contribution in [1.82, 2.24) is 0 Å². The fourth-order valence-electron chi connectivity index (χ4n) is 4.02. The summed E-state index contributed by atoms with van der Waals surface area (Å²) in [5, 5.41) is 7.98. The smallest absolute Gasteiger partial charge is 0.303 e. The second kappa shape index (κ2) is 10.9. The van der Waals surface area contributed by atoms with Crippen molar-refractivity contribution in [2.45, 2.75) is 37.9 Å². The molecule has 37 heavy (non-hydrogen) atoms. The fourth-order valence-corrected chi connectivity index (χ4v) is 4.48. The highest BCUT2D eigenvalue weighted by Crippen LogP contribution is 2.48. The molecule has 1 heterocycles. The number of alkyl halides is 3. The first-order valence-corrected chi connectivity index (χ1v) is 11.2. The fraction of sp³-hybridized carbons (Fsp3) is 0.214. The van der Waals surface area contributed by atoms with Gasteiger partial charge < -0.3 is 4.90 Å². The van der Waals surface area contributed by atoms with Gasteiger partial charge in [0.1, 0.15) is 5.54 Å². The Bertz CT molecular complexity index is 1470. The van der Waals surface area contributed by atoms with Gasteiger partial charge in [0.2, 0.25) is 0 Å². The molecule has 9 heteroatoms. The van der Waals surface area contributed by atoms with Gasteiger partial charge in [0, 0.05) is 29.1 Å². The van der Waals surface area contributed by atoms with Crippen molar-refractivity contribution in [1.29, 1.82) is 5.26 Å². The van der Waals surface area contributed by atoms with Crippen LogP contribution < -0.4 is 9.80 Å². The molecule has 1 saturated carbocycles. The molecule has 0 aromatic heterocycles. The molecule has 1 aliphatic heterocycles. The first kappa shape index (κ1) is 26.8. The van der Waals surface area contributed by atoms with Crippen molar-refractivity contribution in [2.24, 2.45) is 0 Å². The molecule has 2 aromatic rings. The maximum Gasteiger partial charge on any atom is 0.407 e. The molecule has 1 amide bonds. The van der Waals surface area contributed by atoms with E-state index in [4.69, 9.17) is 30.5 Å². The van der Waals surface area contributed by atoms with Crippen molar-refractivity contribution in [3.05, 3.63) is 65.0 Å². The number of amides is 1. The molecular formula is C28H17F3N4OS. The van der Waals surface area contributed by atoms with E-state index in [-0.39, 0.29) is 16.7 Å². The number of hydrogen-bond acceptors (Lipinski definition) is 3. The molecule has 4 rings (SSSR count). The maximum absolute atomic E-state index is 13.4. The summed E-state index contributed by atoms with van der Waals surface area (Å²) in [5.41, 5.74) is -0.618. The predicted octanol–water partition coefficient (Wildman–Crippen LogP) is 5.78. The van der Waals surface area contributed by atoms with Crippen molar-refractivity contribution >= 4 is 40.3 Å². The second-order valence-electron chi connectivity index (χ2n) is 8.05. The summed E-state index contributed by atoms with van der Waals surface area (Å²) in [4.78, 5) is 19.2. The number of anilines is 2. The third-order valence-corrected chi connectivity index (χ3v) is 6.23. The van der Waals surface area contributed by atoms with Gasteiger partial charge in [-0.25, -0.2) is 4.85 Å². The summed E-state index contributed by atoms with van der Waals surface area (Å²) in [7, 11) is 0. The lowest BCUT2D eigenvalue weighted by atomic mass is 9.75. The molecule has 2 aliphatic rings. The zero-order chi connectivity index (χ0) is 27.2. The Morgan fingerprint density at radius 3 is 2.22 bits per heavy atom. The zero-order valence-corrected chi connectivity index (χ0v) is 20.3. The number of carbonyl (C=O) groups is 1. The quantitative estimate of drug-likeness (QED) is 0.290. The molecule has 0 N–H and O–H groups in total. The maximum atomic E-state index is 13.4. The van der Waals surface area contributed by atoms with Gasteiger partial charge in [0.15, 0.2) is 16.9 Å². The Morgan fingerprint density at radius 2 is 1.70 bits per heavy atom. The number of benzene rings is 2. The third-order valence-electron chi connectivity index (χ3n) is 5.86. The lowest BCUT2D eigenvalue weighted by molar-refractivity contribution is -0.136. The molecule has 1 aliphatic carbocycles. The van der Waals surface area contributed by atoms with E-state index in [2.05, 4.69) is 34.4 Å². The summed E-state index contributed by atoms with van der Waals surface area (Å²) in [6.07, 6.45) is 2.05. The van der Waals surface area contributed by atoms with Crippen molar-refractivity contribution in [3.63, 3.8) is 0 Å². The Morgan fingerprint density at radius 1 is 1.08 bits per heavy atom. The Hall–Kier alpha value is -4.75. The topological polar surface area (TPSA) is 51.7 Å². The van der Waals surface area contributed by atoms with Gasteiger partial charge >= 0.3 is 6.18 Å². The van der Waals surface area contributed by atoms with Crippen LogP contribution in [-0.2, 0) is 11.0 Å². The minimum absolute atomic E-state index is 0.0283. The largest absolute Gasteiger partial charge is 0.407 e. The highest BCUT2D eigenvalue weighted by Gasteiger charge is 2.59. The van der Waals surface area contributed by atoms with Crippen LogP contribution >= 0.6 is 12.2 Å². The van der Waals surface area contributed by atoms with Gasteiger partial charge in [-0.15, -0.1) is 6.42 Å². The van der Waals surface area contributed by atoms with Crippen LogP contribution in [0.3, 0.4) is 0 Å². The van der Waals surface area contributed by atoms with Crippen LogP contribution in [-0.4, -0.2) is 16.6 Å². The number of nitrogens with zero attached hydrogens (tertiary/aromatic N) is 4. The van der Waals surface area contributed by atoms with Crippen LogP contribution in [0.15, 0.2) is 42.5 Å². The minimum atomic E-state index is -4.70. The van der Waals surface area contributed by atoms with E-state index in [1.165, 1.54) is 11.0 Å². The number of hydrogen-bond donors (Lipinski definition) is 0. The lowest BCUT2D eigenvalue weighted by Crippen LogP contribution is -2.55. The molecule has 1 saturated heterocycles. The molecule has 0 radical (unpaired) electrons. The number of terminal acetylenes is 1. The van der Waals surface area contributed by atoms with Crippen LogP contribution in [0.2, 0.25) is 0 Å². The summed E-state index contributed by atoms with van der Waals surface area (Å²) in [6.45, 7) is 8.94. The minimum Gasteiger partial charge on any atom is -0.303 e. The Labute approximate surface area is 218 Å². The van der Waals surface area contributed by atoms with Crippen LogP contribution in [0.25, 0.3) is 4.85 Å². The lowest BCUT2D eigenvalue weighted by Gasteiger charge is -2.43. The second-order valence-corrected chi connectivity index (χ2v) is 8.41. The number of halogens is 3. The number of rotatable bonds is 2. The van der Waals surface area contributed by atoms with Crippen molar-refractivity contribution < 1.29 is 18.0 Å². The van der Waals surface area contributed by atoms with E-state index in [0.29, 0.717) is 12.8 Å². The van der Waals surface area contributed by atoms with E-state index >= 15 is 0 Å². The number of carbonyl (C=O) groups excluding carboxylic acids is 1. The highest BCUT2D eigenvalue weighted by atomic mass is 32.1. The van der Waals surface area contributed by atoms with E-state index in [9.17, 15) is 18.0 Å². The van der Waals surface area contributed by atoms with E-state index in [1.54, 1.807) is 11.0 Å². The molecule has 1 spiro atoms. The van der Waals surface area contributed by atoms with E-state index in [0.717, 1.165) is 29.8 Å². The molecular weight excluding hydrogens is 497 g/mol. The average Bonchev–Trinajstić information content (AvgIpc) is 3.08. The molecule has 0 unspecified atom stereocenters. The van der Waals surface area contributed by atoms with Gasteiger partial charge in [-0.3, -0.25) is 9.69 Å². The van der Waals surface area contributed by atoms with Crippen LogP contribution in [0.4, 0.5) is 30.2 Å². The first-order chi connectivity index (χ1) is 17.6. The molecule has 2 aromatic carbocycles. The molecule has 0 bridgehead atoms. The van der Waals surface area contributed by atoms with Crippen LogP contribution in [0, 0.1) is 60.9 Å². The predicted molar refractivity (Wildman–Crippen MR) is 138 cm³/mol. The Balaban J connectivity index is 0.000000414. The Kier molecular flexibility index (Phi) is 7.90. The highest BCUT2D eigenvalue weighted by molar-refractivity contribution is 7.81. The zero-order valence-electron chi connectivity index (χ0n) is 19.5. The summed E-state index contributed by atoms with van der Waals surface area (Å²) < 4.78 is 40.2. The van der Waals surface area contributed by atoms with Gasteiger partial charge in [-0.2, -0.15) is 18.4 Å². The molecule has 0 atom stereocenters. The monoisotopic (exact) mass is 514 g/mol. The van der Waals surface area contributed by atoms with Crippen molar-refractivity contribution in [2.75, 3.05) is 9.80 Å². The molecule has 182 valence electrons. The molecule has 5 nitrogen and oxygen atoms in total. The van der Waals surface area contributed by atoms with Gasteiger partial charge in [0.05, 0.1) is 12.1 Å². The van der Waals surface area contributed by atoms with Gasteiger partial charge in [-0.1, -0.05) is 23.8 Å². The third kappa shape index (κ3) is 5.27. The van der Waals surface area contributed by atoms with Gasteiger partial charge in [-0.05, 0) is 74.5 Å². The summed E-state index contributed by atoms with van der Waals surface area (Å²) >= 11 is 5.57. The van der Waals surface area contributed by atoms with Crippen LogP contribution in [0.1, 0.15) is 30.4 Å². The SMILES string of the molecule is C#CC#CC#CC#N.[C-]#[N+]c1ccc(N2C(=O)C3(CCC3)N(c3ccc(C)cc3)C2=S)cc1C(F)(F)F. The molecule has 2 fully saturated rings. The van der Waals surface area contributed by atoms with Crippen molar-refractivity contribution in [3.8, 4) is 42.1 Å². The van der Waals surface area contributed by atoms with E-state index < -0.39 is 23.0 Å². The normalized spacial score (nSPS) is 14.9. The number of aryl methyl sites for hydroxylation is 1. The summed E-state index contributed by atoms with van der Waals surface area (Å²) in [6, 6.07) is 12.4. The average molecular weight is 515 g/mol. The number of nitriles is 1. The summed E-state index contributed by atoms with van der Waals surface area (Å²) in [5.74, 6) is 10.5. The van der Waals surface area contributed by atoms with Gasteiger partial charge in [0.25, 0.3) is 5.91 Å². The van der Waals surface area contributed by atoms with E-state index in [1.807, 2.05) is 31.2 Å². The first-order valence-electron chi connectivity index (χ1n) is 10.8. The van der Waals surface area contributed by atoms with Crippen LogP contribution in [0.5, 0.6) is 0 Å². The standard InChI is InChI=1S/C21H16F3N3OS.C7HN/c1-13-4-6-14(7-5-13)27-19(29)26(18(28)20(27)10-3-11-20)15-8-9-17(25-2)16(12-15)21(22,23)24;1-2-3-4-5-6-7-8/h4-9,12H,3,10-11H2,1H3;1H. The number of thiocarbonyl (C=S) groups is 1.